The van der Waals surface area contributed by atoms with Gasteiger partial charge in [0.1, 0.15) is 11.4 Å². The number of hydrogen-bond donors (Lipinski definition) is 4. The molecule has 0 aromatic carbocycles. The summed E-state index contributed by atoms with van der Waals surface area (Å²) < 4.78 is 0. The van der Waals surface area contributed by atoms with Crippen molar-refractivity contribution in [1.82, 2.24) is 10.3 Å². The number of nitrogens with two attached hydrogens (primary N) is 1. The van der Waals surface area contributed by atoms with Gasteiger partial charge in [-0.3, -0.25) is 10.1 Å². The quantitative estimate of drug-likeness (QED) is 0.405. The molecule has 0 bridgehead atoms. The lowest BCUT2D eigenvalue weighted by atomic mass is 9.97. The lowest BCUT2D eigenvalue weighted by Crippen LogP contribution is -2.63. The third-order valence-corrected chi connectivity index (χ3v) is 2.61. The zero-order chi connectivity index (χ0) is 12.5. The number of pyridine rings is 1. The highest BCUT2D eigenvalue weighted by Gasteiger charge is 2.33. The summed E-state index contributed by atoms with van der Waals surface area (Å²) >= 11 is 0. The molecule has 8 nitrogen and oxygen atoms in total. The topological polar surface area (TPSA) is 126 Å². The molecule has 2 heterocycles. The Balaban J connectivity index is 2.02. The van der Waals surface area contributed by atoms with Crippen LogP contribution in [0.25, 0.3) is 0 Å². The fourth-order valence-corrected chi connectivity index (χ4v) is 1.51. The molecule has 2 rings (SSSR count). The van der Waals surface area contributed by atoms with E-state index in [9.17, 15) is 15.2 Å². The molecule has 0 radical (unpaired) electrons. The monoisotopic (exact) mass is 239 g/mol. The van der Waals surface area contributed by atoms with E-state index >= 15 is 0 Å². The van der Waals surface area contributed by atoms with Gasteiger partial charge in [0.2, 0.25) is 5.82 Å². The molecule has 0 amide bonds. The van der Waals surface area contributed by atoms with Crippen molar-refractivity contribution in [2.75, 3.05) is 30.7 Å². The molecule has 0 unspecified atom stereocenters. The zero-order valence-electron chi connectivity index (χ0n) is 9.01. The van der Waals surface area contributed by atoms with E-state index in [1.807, 2.05) is 0 Å². The van der Waals surface area contributed by atoms with E-state index in [0.29, 0.717) is 25.5 Å². The maximum Gasteiger partial charge on any atom is 0.311 e. The van der Waals surface area contributed by atoms with Crippen LogP contribution in [0.15, 0.2) is 12.1 Å². The maximum absolute atomic E-state index is 10.5. The van der Waals surface area contributed by atoms with Crippen molar-refractivity contribution < 1.29 is 10.0 Å². The van der Waals surface area contributed by atoms with Gasteiger partial charge in [-0.25, -0.2) is 4.98 Å². The molecular weight excluding hydrogens is 226 g/mol. The summed E-state index contributed by atoms with van der Waals surface area (Å²) in [6, 6.07) is 2.75. The summed E-state index contributed by atoms with van der Waals surface area (Å²) in [7, 11) is 0. The summed E-state index contributed by atoms with van der Waals surface area (Å²) in [5.74, 6) is 0.271. The first-order valence-corrected chi connectivity index (χ1v) is 5.08. The van der Waals surface area contributed by atoms with Crippen LogP contribution in [0.2, 0.25) is 0 Å². The number of rotatable bonds is 4. The third-order valence-electron chi connectivity index (χ3n) is 2.61. The molecule has 92 valence electrons. The molecule has 17 heavy (non-hydrogen) atoms. The molecule has 1 saturated heterocycles. The van der Waals surface area contributed by atoms with Crippen molar-refractivity contribution in [2.45, 2.75) is 5.60 Å². The van der Waals surface area contributed by atoms with Gasteiger partial charge in [-0.1, -0.05) is 0 Å². The molecule has 1 aliphatic heterocycles. The molecule has 8 heteroatoms. The Labute approximate surface area is 97.0 Å². The summed E-state index contributed by atoms with van der Waals surface area (Å²) in [6.07, 6.45) is 0. The number of nitrogens with zero attached hydrogens (tertiary/aromatic N) is 2. The first-order chi connectivity index (χ1) is 8.00. The third kappa shape index (κ3) is 2.43. The Hall–Kier alpha value is -1.93. The lowest BCUT2D eigenvalue weighted by Gasteiger charge is -2.37. The second kappa shape index (κ2) is 4.15. The molecule has 0 aliphatic carbocycles. The van der Waals surface area contributed by atoms with Gasteiger partial charge in [-0.2, -0.15) is 0 Å². The molecular formula is C9H13N5O3. The van der Waals surface area contributed by atoms with Crippen LogP contribution in [0, 0.1) is 10.1 Å². The highest BCUT2D eigenvalue weighted by molar-refractivity contribution is 5.57. The standard InChI is InChI=1S/C9H13N5O3/c10-8-6(14(16)17)1-2-7(13-8)12-5-9(15)3-11-4-9/h1-2,11,15H,3-5H2,(H3,10,12,13). The van der Waals surface area contributed by atoms with Crippen LogP contribution in [0.1, 0.15) is 0 Å². The minimum atomic E-state index is -0.780. The first kappa shape index (κ1) is 11.6. The average Bonchev–Trinajstić information content (AvgIpc) is 2.23. The van der Waals surface area contributed by atoms with Crippen molar-refractivity contribution in [3.05, 3.63) is 22.2 Å². The highest BCUT2D eigenvalue weighted by atomic mass is 16.6. The fourth-order valence-electron chi connectivity index (χ4n) is 1.51. The minimum Gasteiger partial charge on any atom is -0.385 e. The molecule has 1 fully saturated rings. The molecule has 1 aromatic heterocycles. The predicted octanol–water partition coefficient (Wildman–Crippen LogP) is -0.682. The Morgan fingerprint density at radius 1 is 1.65 bits per heavy atom. The number of β-amino-alcohol motifs (C(OH)–C–C–N with tert-alkyl or cyclic N) is 1. The van der Waals surface area contributed by atoms with Crippen LogP contribution in [0.3, 0.4) is 0 Å². The highest BCUT2D eigenvalue weighted by Crippen LogP contribution is 2.21. The van der Waals surface area contributed by atoms with E-state index in [2.05, 4.69) is 15.6 Å². The number of aromatic nitrogens is 1. The van der Waals surface area contributed by atoms with Gasteiger partial charge in [0.15, 0.2) is 0 Å². The molecule has 0 spiro atoms. The predicted molar refractivity (Wildman–Crippen MR) is 61.6 cm³/mol. The van der Waals surface area contributed by atoms with Crippen LogP contribution >= 0.6 is 0 Å². The Morgan fingerprint density at radius 2 is 2.35 bits per heavy atom. The lowest BCUT2D eigenvalue weighted by molar-refractivity contribution is -0.384. The van der Waals surface area contributed by atoms with Crippen LogP contribution in [-0.4, -0.2) is 40.2 Å². The number of nitrogen functional groups attached to an aromatic ring is 1. The smallest absolute Gasteiger partial charge is 0.311 e. The molecule has 1 aliphatic rings. The van der Waals surface area contributed by atoms with Gasteiger partial charge < -0.3 is 21.5 Å². The number of nitro groups is 1. The summed E-state index contributed by atoms with van der Waals surface area (Å²) in [4.78, 5) is 13.8. The Bertz CT molecular complexity index is 446. The van der Waals surface area contributed by atoms with Crippen molar-refractivity contribution in [1.29, 1.82) is 0 Å². The molecule has 5 N–H and O–H groups in total. The van der Waals surface area contributed by atoms with Gasteiger partial charge in [-0.05, 0) is 6.07 Å². The van der Waals surface area contributed by atoms with Crippen LogP contribution in [0.5, 0.6) is 0 Å². The van der Waals surface area contributed by atoms with Crippen LogP contribution < -0.4 is 16.4 Å². The van der Waals surface area contributed by atoms with Gasteiger partial charge in [-0.15, -0.1) is 0 Å². The van der Waals surface area contributed by atoms with Crippen molar-refractivity contribution in [2.24, 2.45) is 0 Å². The van der Waals surface area contributed by atoms with Crippen LogP contribution in [-0.2, 0) is 0 Å². The van der Waals surface area contributed by atoms with E-state index < -0.39 is 10.5 Å². The van der Waals surface area contributed by atoms with Gasteiger partial charge in [0, 0.05) is 25.7 Å². The largest absolute Gasteiger partial charge is 0.385 e. The average molecular weight is 239 g/mol. The second-order valence-corrected chi connectivity index (χ2v) is 4.04. The first-order valence-electron chi connectivity index (χ1n) is 5.08. The summed E-state index contributed by atoms with van der Waals surface area (Å²) in [5.41, 5.74) is 4.44. The Kier molecular flexibility index (Phi) is 2.82. The van der Waals surface area contributed by atoms with Gasteiger partial charge in [0.25, 0.3) is 0 Å². The van der Waals surface area contributed by atoms with E-state index in [4.69, 9.17) is 5.73 Å². The Morgan fingerprint density at radius 3 is 2.82 bits per heavy atom. The SMILES string of the molecule is Nc1nc(NCC2(O)CNC2)ccc1[N+](=O)[O-]. The van der Waals surface area contributed by atoms with E-state index in [1.165, 1.54) is 12.1 Å². The van der Waals surface area contributed by atoms with E-state index in [0.717, 1.165) is 0 Å². The number of anilines is 2. The summed E-state index contributed by atoms with van der Waals surface area (Å²) in [5, 5.41) is 26.2. The zero-order valence-corrected chi connectivity index (χ0v) is 9.01. The number of aliphatic hydroxyl groups is 1. The maximum atomic E-state index is 10.5. The summed E-state index contributed by atoms with van der Waals surface area (Å²) in [6.45, 7) is 1.36. The molecule has 0 saturated carbocycles. The van der Waals surface area contributed by atoms with Crippen LogP contribution in [0.4, 0.5) is 17.3 Å². The number of hydrogen-bond acceptors (Lipinski definition) is 7. The fraction of sp³-hybridized carbons (Fsp3) is 0.444. The van der Waals surface area contributed by atoms with Gasteiger partial charge >= 0.3 is 5.69 Å². The van der Waals surface area contributed by atoms with Crippen molar-refractivity contribution in [3.8, 4) is 0 Å². The normalized spacial score (nSPS) is 17.2. The molecule has 0 atom stereocenters. The van der Waals surface area contributed by atoms with E-state index in [-0.39, 0.29) is 11.5 Å². The van der Waals surface area contributed by atoms with E-state index in [1.54, 1.807) is 0 Å². The molecule has 1 aromatic rings. The minimum absolute atomic E-state index is 0.140. The second-order valence-electron chi connectivity index (χ2n) is 4.04. The number of nitrogens with one attached hydrogen (secondary N) is 2. The van der Waals surface area contributed by atoms with Crippen molar-refractivity contribution in [3.63, 3.8) is 0 Å². The van der Waals surface area contributed by atoms with Gasteiger partial charge in [0.05, 0.1) is 4.92 Å². The van der Waals surface area contributed by atoms with Crippen molar-refractivity contribution >= 4 is 17.3 Å².